The van der Waals surface area contributed by atoms with Gasteiger partial charge in [0.15, 0.2) is 0 Å². The molecule has 0 saturated carbocycles. The monoisotopic (exact) mass is 448 g/mol. The van der Waals surface area contributed by atoms with E-state index in [9.17, 15) is 14.1 Å². The van der Waals surface area contributed by atoms with E-state index in [1.54, 1.807) is 13.2 Å². The Labute approximate surface area is 189 Å². The fourth-order valence-corrected chi connectivity index (χ4v) is 6.12. The van der Waals surface area contributed by atoms with E-state index in [0.717, 1.165) is 29.7 Å². The van der Waals surface area contributed by atoms with Gasteiger partial charge in [0.1, 0.15) is 16.7 Å². The Morgan fingerprint density at radius 2 is 1.97 bits per heavy atom. The molecule has 2 heterocycles. The third kappa shape index (κ3) is 3.46. The van der Waals surface area contributed by atoms with Crippen LogP contribution in [0.3, 0.4) is 0 Å². The van der Waals surface area contributed by atoms with E-state index >= 15 is 0 Å². The molecular weight excluding hydrogens is 424 g/mol. The van der Waals surface area contributed by atoms with Crippen LogP contribution < -0.4 is 9.46 Å². The highest BCUT2D eigenvalue weighted by molar-refractivity contribution is 7.84. The summed E-state index contributed by atoms with van der Waals surface area (Å²) in [4.78, 5) is 16.1. The average molecular weight is 449 g/mol. The molecular formula is C25H24N2O4S. The van der Waals surface area contributed by atoms with Gasteiger partial charge >= 0.3 is 0 Å². The molecule has 0 radical (unpaired) electrons. The van der Waals surface area contributed by atoms with Gasteiger partial charge < -0.3 is 9.84 Å². The molecule has 1 fully saturated rings. The van der Waals surface area contributed by atoms with Crippen molar-refractivity contribution >= 4 is 16.9 Å². The molecule has 0 bridgehead atoms. The zero-order valence-corrected chi connectivity index (χ0v) is 18.7. The molecule has 2 N–H and O–H groups in total. The minimum atomic E-state index is -1.50. The molecule has 3 aromatic rings. The number of carbonyl (C=O) groups is 1. The summed E-state index contributed by atoms with van der Waals surface area (Å²) in [5.41, 5.74) is 7.35. The van der Waals surface area contributed by atoms with Gasteiger partial charge in [-0.05, 0) is 54.2 Å². The van der Waals surface area contributed by atoms with Crippen LogP contribution in [0.4, 0.5) is 0 Å². The third-order valence-corrected chi connectivity index (χ3v) is 7.84. The van der Waals surface area contributed by atoms with Crippen LogP contribution in [0.1, 0.15) is 52.0 Å². The van der Waals surface area contributed by atoms with Crippen molar-refractivity contribution in [3.63, 3.8) is 0 Å². The molecule has 2 aliphatic rings. The molecule has 7 heteroatoms. The second kappa shape index (κ2) is 8.06. The number of benzene rings is 2. The van der Waals surface area contributed by atoms with Crippen molar-refractivity contribution in [2.45, 2.75) is 37.4 Å². The number of aromatic hydroxyl groups is 1. The number of pyridine rings is 1. The van der Waals surface area contributed by atoms with E-state index in [1.807, 2.05) is 25.1 Å². The molecule has 164 valence electrons. The first-order chi connectivity index (χ1) is 15.5. The van der Waals surface area contributed by atoms with Gasteiger partial charge in [-0.1, -0.05) is 30.3 Å². The summed E-state index contributed by atoms with van der Waals surface area (Å²) >= 11 is 0. The van der Waals surface area contributed by atoms with Crippen LogP contribution in [0, 0.1) is 6.92 Å². The Hall–Kier alpha value is -3.19. The zero-order chi connectivity index (χ0) is 22.4. The van der Waals surface area contributed by atoms with Crippen molar-refractivity contribution in [3.8, 4) is 22.8 Å². The fraction of sp³-hybridized carbons (Fsp3) is 0.280. The van der Waals surface area contributed by atoms with Crippen molar-refractivity contribution in [1.82, 2.24) is 9.71 Å². The lowest BCUT2D eigenvalue weighted by molar-refractivity contribution is -0.118. The van der Waals surface area contributed by atoms with Crippen LogP contribution in [0.5, 0.6) is 11.6 Å². The summed E-state index contributed by atoms with van der Waals surface area (Å²) in [6.07, 6.45) is 2.02. The van der Waals surface area contributed by atoms with Crippen LogP contribution in [0.15, 0.2) is 48.5 Å². The molecule has 32 heavy (non-hydrogen) atoms. The van der Waals surface area contributed by atoms with Crippen molar-refractivity contribution in [2.24, 2.45) is 0 Å². The van der Waals surface area contributed by atoms with Gasteiger partial charge in [0, 0.05) is 35.2 Å². The number of carbonyl (C=O) groups excluding carboxylic acids is 1. The van der Waals surface area contributed by atoms with Crippen LogP contribution >= 0.6 is 0 Å². The predicted molar refractivity (Wildman–Crippen MR) is 123 cm³/mol. The zero-order valence-electron chi connectivity index (χ0n) is 17.9. The number of hydrogen-bond donors (Lipinski definition) is 2. The quantitative estimate of drug-likeness (QED) is 0.628. The minimum Gasteiger partial charge on any atom is -0.508 e. The number of aromatic nitrogens is 1. The van der Waals surface area contributed by atoms with Gasteiger partial charge in [-0.15, -0.1) is 0 Å². The molecule has 2 aromatic carbocycles. The van der Waals surface area contributed by atoms with Gasteiger partial charge in [0.05, 0.1) is 12.4 Å². The molecule has 3 atom stereocenters. The van der Waals surface area contributed by atoms with E-state index < -0.39 is 16.2 Å². The molecule has 0 spiro atoms. The lowest BCUT2D eigenvalue weighted by Crippen LogP contribution is -2.15. The first-order valence-corrected chi connectivity index (χ1v) is 11.8. The number of fused-ring (bicyclic) bond motifs is 1. The summed E-state index contributed by atoms with van der Waals surface area (Å²) in [6, 6.07) is 15.9. The van der Waals surface area contributed by atoms with E-state index in [4.69, 9.17) is 4.74 Å². The van der Waals surface area contributed by atoms with Crippen molar-refractivity contribution in [1.29, 1.82) is 0 Å². The number of ether oxygens (including phenoxy) is 1. The first kappa shape index (κ1) is 20.7. The molecule has 1 amide bonds. The Morgan fingerprint density at radius 3 is 2.66 bits per heavy atom. The maximum absolute atomic E-state index is 12.1. The van der Waals surface area contributed by atoms with Crippen molar-refractivity contribution in [2.75, 3.05) is 7.11 Å². The number of hydrogen-bond acceptors (Lipinski definition) is 5. The maximum Gasteiger partial charge on any atom is 0.233 e. The lowest BCUT2D eigenvalue weighted by atomic mass is 9.89. The summed E-state index contributed by atoms with van der Waals surface area (Å²) in [6.45, 7) is 1.99. The highest BCUT2D eigenvalue weighted by Crippen LogP contribution is 2.44. The van der Waals surface area contributed by atoms with E-state index in [-0.39, 0.29) is 24.0 Å². The number of amides is 1. The largest absolute Gasteiger partial charge is 0.508 e. The van der Waals surface area contributed by atoms with Crippen molar-refractivity contribution in [3.05, 3.63) is 76.5 Å². The van der Waals surface area contributed by atoms with Gasteiger partial charge in [0.2, 0.25) is 11.8 Å². The Kier molecular flexibility index (Phi) is 5.21. The van der Waals surface area contributed by atoms with Gasteiger partial charge in [-0.25, -0.2) is 9.19 Å². The predicted octanol–water partition coefficient (Wildman–Crippen LogP) is 4.07. The van der Waals surface area contributed by atoms with Crippen LogP contribution in [0.25, 0.3) is 11.1 Å². The smallest absolute Gasteiger partial charge is 0.233 e. The number of rotatable bonds is 4. The van der Waals surface area contributed by atoms with Crippen LogP contribution in [0.2, 0.25) is 0 Å². The fourth-order valence-electron chi connectivity index (χ4n) is 4.93. The molecule has 3 unspecified atom stereocenters. The summed E-state index contributed by atoms with van der Waals surface area (Å²) in [7, 11) is 0.116. The third-order valence-electron chi connectivity index (χ3n) is 6.48. The van der Waals surface area contributed by atoms with Gasteiger partial charge in [-0.3, -0.25) is 9.52 Å². The number of phenolic OH excluding ortho intramolecular Hbond substituents is 1. The minimum absolute atomic E-state index is 0.0946. The van der Waals surface area contributed by atoms with Gasteiger partial charge in [0.25, 0.3) is 0 Å². The van der Waals surface area contributed by atoms with Crippen LogP contribution in [-0.4, -0.2) is 27.3 Å². The molecule has 1 aromatic heterocycles. The normalized spacial score (nSPS) is 21.9. The Bertz CT molecular complexity index is 1260. The summed E-state index contributed by atoms with van der Waals surface area (Å²) < 4.78 is 19.8. The number of aryl methyl sites for hydroxylation is 1. The number of phenols is 1. The SMILES string of the molecule is COc1ccc(-c2cccc3c2CCC3c2ccc(C3CC(=O)NS3=O)c(O)c2)c(C)n1. The number of nitrogens with zero attached hydrogens (tertiary/aromatic N) is 1. The number of nitrogens with one attached hydrogen (secondary N) is 1. The molecule has 1 saturated heterocycles. The summed E-state index contributed by atoms with van der Waals surface area (Å²) in [5, 5.41) is 10.2. The Morgan fingerprint density at radius 1 is 1.12 bits per heavy atom. The van der Waals surface area contributed by atoms with E-state index in [0.29, 0.717) is 11.4 Å². The highest BCUT2D eigenvalue weighted by atomic mass is 32.2. The van der Waals surface area contributed by atoms with E-state index in [1.165, 1.54) is 16.7 Å². The van der Waals surface area contributed by atoms with E-state index in [2.05, 4.69) is 34.0 Å². The molecule has 6 nitrogen and oxygen atoms in total. The highest BCUT2D eigenvalue weighted by Gasteiger charge is 2.33. The summed E-state index contributed by atoms with van der Waals surface area (Å²) in [5.74, 6) is 0.618. The molecule has 1 aliphatic heterocycles. The average Bonchev–Trinajstić information content (AvgIpc) is 3.36. The van der Waals surface area contributed by atoms with Crippen molar-refractivity contribution < 1.29 is 18.8 Å². The lowest BCUT2D eigenvalue weighted by Gasteiger charge is -2.17. The topological polar surface area (TPSA) is 88.5 Å². The Balaban J connectivity index is 1.49. The number of methoxy groups -OCH3 is 1. The molecule has 1 aliphatic carbocycles. The first-order valence-electron chi connectivity index (χ1n) is 10.6. The second-order valence-corrected chi connectivity index (χ2v) is 9.65. The van der Waals surface area contributed by atoms with Crippen LogP contribution in [-0.2, 0) is 22.2 Å². The standard InChI is InChI=1S/C25H24N2O4S/c1-14-16(10-11-25(26-14)31-2)18-4-3-5-19-17(8-9-20(18)19)15-6-7-21(22(28)12-15)23-13-24(29)27-32(23)30/h3-7,10-12,17,23,28H,8-9,13H2,1-2H3,(H,27,29). The maximum atomic E-state index is 12.1. The van der Waals surface area contributed by atoms with Gasteiger partial charge in [-0.2, -0.15) is 0 Å². The second-order valence-electron chi connectivity index (χ2n) is 8.28. The molecule has 5 rings (SSSR count).